The first kappa shape index (κ1) is 17.9. The van der Waals surface area contributed by atoms with Crippen molar-refractivity contribution >= 4 is 34.1 Å². The highest BCUT2D eigenvalue weighted by Crippen LogP contribution is 2.38. The molecule has 1 fully saturated rings. The van der Waals surface area contributed by atoms with Crippen molar-refractivity contribution in [2.24, 2.45) is 5.92 Å². The van der Waals surface area contributed by atoms with Gasteiger partial charge in [-0.3, -0.25) is 9.78 Å². The first-order valence-electron chi connectivity index (χ1n) is 9.21. The van der Waals surface area contributed by atoms with Crippen LogP contribution in [0.1, 0.15) is 37.2 Å². The minimum absolute atomic E-state index is 0.00163. The van der Waals surface area contributed by atoms with E-state index >= 15 is 0 Å². The van der Waals surface area contributed by atoms with Crippen molar-refractivity contribution in [3.8, 4) is 0 Å². The van der Waals surface area contributed by atoms with Crippen molar-refractivity contribution in [1.29, 1.82) is 0 Å². The molecule has 0 bridgehead atoms. The summed E-state index contributed by atoms with van der Waals surface area (Å²) in [5.41, 5.74) is 2.72. The number of aromatic nitrogens is 1. The fourth-order valence-corrected chi connectivity index (χ4v) is 4.07. The van der Waals surface area contributed by atoms with E-state index in [1.54, 1.807) is 30.5 Å². The Morgan fingerprint density at radius 3 is 2.52 bits per heavy atom. The van der Waals surface area contributed by atoms with Gasteiger partial charge in [-0.05, 0) is 85.7 Å². The molecule has 0 atom stereocenters. The molecule has 4 rings (SSSR count). The third-order valence-corrected chi connectivity index (χ3v) is 5.64. The van der Waals surface area contributed by atoms with Crippen molar-refractivity contribution < 1.29 is 9.18 Å². The third kappa shape index (κ3) is 3.96. The highest BCUT2D eigenvalue weighted by molar-refractivity contribution is 6.30. The first-order valence-corrected chi connectivity index (χ1v) is 9.58. The number of fused-ring (bicyclic) bond motifs is 1. The number of hydrogen-bond acceptors (Lipinski definition) is 2. The molecule has 138 valence electrons. The quantitative estimate of drug-likeness (QED) is 0.609. The van der Waals surface area contributed by atoms with Crippen LogP contribution in [0, 0.1) is 11.7 Å². The number of nitrogens with zero attached hydrogens (tertiary/aromatic N) is 1. The normalized spacial score (nSPS) is 19.8. The second kappa shape index (κ2) is 7.65. The molecule has 1 saturated carbocycles. The van der Waals surface area contributed by atoms with E-state index in [-0.39, 0.29) is 17.6 Å². The Hall–Kier alpha value is -2.46. The highest BCUT2D eigenvalue weighted by Gasteiger charge is 2.28. The van der Waals surface area contributed by atoms with Gasteiger partial charge >= 0.3 is 0 Å². The molecular formula is C22H20ClFN2O. The van der Waals surface area contributed by atoms with Gasteiger partial charge in [0, 0.05) is 28.2 Å². The van der Waals surface area contributed by atoms with Crippen molar-refractivity contribution in [2.45, 2.75) is 31.6 Å². The third-order valence-electron chi connectivity index (χ3n) is 5.39. The lowest BCUT2D eigenvalue weighted by molar-refractivity contribution is -0.120. The highest BCUT2D eigenvalue weighted by atomic mass is 35.5. The molecule has 1 aliphatic carbocycles. The number of carbonyl (C=O) groups is 1. The summed E-state index contributed by atoms with van der Waals surface area (Å²) in [6.45, 7) is 0. The van der Waals surface area contributed by atoms with E-state index in [0.717, 1.165) is 47.8 Å². The standard InChI is InChI=1S/C22H20ClFN2O/c23-16-5-8-18(9-6-16)26-22(27)15-3-1-14(2-4-15)19-11-12-25-21-10-7-17(24)13-20(19)21/h5-15H,1-4H2,(H,26,27)/t14-,15-. The Bertz CT molecular complexity index is 966. The molecule has 0 radical (unpaired) electrons. The summed E-state index contributed by atoms with van der Waals surface area (Å²) in [6.07, 6.45) is 5.25. The first-order chi connectivity index (χ1) is 13.1. The molecule has 0 unspecified atom stereocenters. The van der Waals surface area contributed by atoms with Crippen LogP contribution in [0.25, 0.3) is 10.9 Å². The molecule has 5 heteroatoms. The van der Waals surface area contributed by atoms with E-state index in [9.17, 15) is 9.18 Å². The number of nitrogens with one attached hydrogen (secondary N) is 1. The summed E-state index contributed by atoms with van der Waals surface area (Å²) in [5.74, 6) is 0.146. The Kier molecular flexibility index (Phi) is 5.08. The molecule has 27 heavy (non-hydrogen) atoms. The maximum absolute atomic E-state index is 13.7. The minimum Gasteiger partial charge on any atom is -0.326 e. The van der Waals surface area contributed by atoms with Crippen LogP contribution in [0.15, 0.2) is 54.7 Å². The predicted molar refractivity (Wildman–Crippen MR) is 106 cm³/mol. The van der Waals surface area contributed by atoms with Gasteiger partial charge in [0.05, 0.1) is 5.52 Å². The van der Waals surface area contributed by atoms with E-state index in [4.69, 9.17) is 11.6 Å². The van der Waals surface area contributed by atoms with E-state index in [1.807, 2.05) is 18.2 Å². The van der Waals surface area contributed by atoms with Gasteiger partial charge in [-0.25, -0.2) is 4.39 Å². The van der Waals surface area contributed by atoms with Crippen LogP contribution in [0.4, 0.5) is 10.1 Å². The molecule has 1 N–H and O–H groups in total. The summed E-state index contributed by atoms with van der Waals surface area (Å²) in [6, 6.07) is 13.9. The maximum atomic E-state index is 13.7. The van der Waals surface area contributed by atoms with Crippen molar-refractivity contribution in [3.63, 3.8) is 0 Å². The second-order valence-electron chi connectivity index (χ2n) is 7.11. The van der Waals surface area contributed by atoms with Crippen LogP contribution < -0.4 is 5.32 Å². The molecule has 1 amide bonds. The van der Waals surface area contributed by atoms with Gasteiger partial charge in [-0.2, -0.15) is 0 Å². The molecule has 1 heterocycles. The number of halogens is 2. The Morgan fingerprint density at radius 1 is 1.04 bits per heavy atom. The molecule has 0 spiro atoms. The average Bonchev–Trinajstić information content (AvgIpc) is 2.69. The van der Waals surface area contributed by atoms with E-state index < -0.39 is 0 Å². The number of anilines is 1. The summed E-state index contributed by atoms with van der Waals surface area (Å²) >= 11 is 5.88. The largest absolute Gasteiger partial charge is 0.326 e. The Morgan fingerprint density at radius 2 is 1.78 bits per heavy atom. The molecule has 1 aliphatic rings. The number of carbonyl (C=O) groups excluding carboxylic acids is 1. The minimum atomic E-state index is -0.243. The number of rotatable bonds is 3. The van der Waals surface area contributed by atoms with Crippen LogP contribution in [0.3, 0.4) is 0 Å². The second-order valence-corrected chi connectivity index (χ2v) is 7.54. The fraction of sp³-hybridized carbons (Fsp3) is 0.273. The summed E-state index contributed by atoms with van der Waals surface area (Å²) in [7, 11) is 0. The van der Waals surface area contributed by atoms with Crippen LogP contribution in [0.2, 0.25) is 5.02 Å². The van der Waals surface area contributed by atoms with Gasteiger partial charge in [-0.1, -0.05) is 11.6 Å². The van der Waals surface area contributed by atoms with Crippen LogP contribution >= 0.6 is 11.6 Å². The zero-order chi connectivity index (χ0) is 18.8. The lowest BCUT2D eigenvalue weighted by atomic mass is 9.77. The number of pyridine rings is 1. The van der Waals surface area contributed by atoms with Gasteiger partial charge in [0.15, 0.2) is 0 Å². The van der Waals surface area contributed by atoms with Crippen molar-refractivity contribution in [2.75, 3.05) is 5.32 Å². The smallest absolute Gasteiger partial charge is 0.227 e. The number of hydrogen-bond donors (Lipinski definition) is 1. The maximum Gasteiger partial charge on any atom is 0.227 e. The summed E-state index contributed by atoms with van der Waals surface area (Å²) in [5, 5.41) is 4.50. The molecule has 3 aromatic rings. The van der Waals surface area contributed by atoms with Crippen molar-refractivity contribution in [3.05, 3.63) is 71.1 Å². The topological polar surface area (TPSA) is 42.0 Å². The van der Waals surface area contributed by atoms with E-state index in [1.165, 1.54) is 6.07 Å². The SMILES string of the molecule is O=C(Nc1ccc(Cl)cc1)[C@H]1CC[C@H](c2ccnc3ccc(F)cc32)CC1. The monoisotopic (exact) mass is 382 g/mol. The average molecular weight is 383 g/mol. The van der Waals surface area contributed by atoms with Crippen molar-refractivity contribution in [1.82, 2.24) is 4.98 Å². The molecule has 0 saturated heterocycles. The molecule has 0 aliphatic heterocycles. The zero-order valence-electron chi connectivity index (χ0n) is 14.8. The molecule has 2 aromatic carbocycles. The Balaban J connectivity index is 1.44. The molecular weight excluding hydrogens is 363 g/mol. The predicted octanol–water partition coefficient (Wildman–Crippen LogP) is 5.94. The van der Waals surface area contributed by atoms with Gasteiger partial charge < -0.3 is 5.32 Å². The number of amides is 1. The zero-order valence-corrected chi connectivity index (χ0v) is 15.5. The van der Waals surface area contributed by atoms with Gasteiger partial charge in [0.1, 0.15) is 5.82 Å². The van der Waals surface area contributed by atoms with Crippen LogP contribution in [0.5, 0.6) is 0 Å². The Labute approximate surface area is 162 Å². The van der Waals surface area contributed by atoms with Crippen LogP contribution in [-0.2, 0) is 4.79 Å². The lowest BCUT2D eigenvalue weighted by Gasteiger charge is -2.28. The van der Waals surface area contributed by atoms with E-state index in [2.05, 4.69) is 10.3 Å². The fourth-order valence-electron chi connectivity index (χ4n) is 3.94. The van der Waals surface area contributed by atoms with Gasteiger partial charge in [0.25, 0.3) is 0 Å². The molecule has 3 nitrogen and oxygen atoms in total. The summed E-state index contributed by atoms with van der Waals surface area (Å²) < 4.78 is 13.7. The van der Waals surface area contributed by atoms with Gasteiger partial charge in [0.2, 0.25) is 5.91 Å². The summed E-state index contributed by atoms with van der Waals surface area (Å²) in [4.78, 5) is 16.9. The molecule has 1 aromatic heterocycles. The van der Waals surface area contributed by atoms with Gasteiger partial charge in [-0.15, -0.1) is 0 Å². The number of benzene rings is 2. The van der Waals surface area contributed by atoms with E-state index in [0.29, 0.717) is 10.9 Å². The lowest BCUT2D eigenvalue weighted by Crippen LogP contribution is -2.26. The van der Waals surface area contributed by atoms with Crippen LogP contribution in [-0.4, -0.2) is 10.9 Å².